The molecule has 20 heavy (non-hydrogen) atoms. The predicted octanol–water partition coefficient (Wildman–Crippen LogP) is 4.10. The molecule has 0 aliphatic heterocycles. The number of halogens is 2. The molecule has 0 amide bonds. The minimum Gasteiger partial charge on any atom is -0.395 e. The molecule has 0 unspecified atom stereocenters. The Kier molecular flexibility index (Phi) is 3.54. The minimum absolute atomic E-state index is 0.0106. The van der Waals surface area contributed by atoms with Crippen molar-refractivity contribution in [3.8, 4) is 10.7 Å². The SMILES string of the molecule is Nc1ccc(-c2nc3ccc(SCF)cc3s2)nc1[18F]. The van der Waals surface area contributed by atoms with Crippen molar-refractivity contribution < 1.29 is 8.78 Å². The van der Waals surface area contributed by atoms with E-state index in [1.54, 1.807) is 6.07 Å². The first-order valence-electron chi connectivity index (χ1n) is 5.69. The van der Waals surface area contributed by atoms with Crippen molar-refractivity contribution in [2.24, 2.45) is 0 Å². The van der Waals surface area contributed by atoms with Crippen molar-refractivity contribution in [1.82, 2.24) is 9.97 Å². The summed E-state index contributed by atoms with van der Waals surface area (Å²) in [6.45, 7) is 0. The molecule has 3 rings (SSSR count). The molecule has 0 radical (unpaired) electrons. The van der Waals surface area contributed by atoms with Crippen molar-refractivity contribution in [3.05, 3.63) is 36.3 Å². The van der Waals surface area contributed by atoms with E-state index in [0.29, 0.717) is 10.7 Å². The van der Waals surface area contributed by atoms with E-state index in [1.807, 2.05) is 18.2 Å². The van der Waals surface area contributed by atoms with Gasteiger partial charge in [0.15, 0.2) is 0 Å². The van der Waals surface area contributed by atoms with E-state index in [4.69, 9.17) is 5.73 Å². The van der Waals surface area contributed by atoms with Gasteiger partial charge in [0.25, 0.3) is 0 Å². The topological polar surface area (TPSA) is 51.8 Å². The van der Waals surface area contributed by atoms with Crippen molar-refractivity contribution in [1.29, 1.82) is 0 Å². The lowest BCUT2D eigenvalue weighted by Gasteiger charge is -1.97. The molecule has 0 fully saturated rings. The van der Waals surface area contributed by atoms with Gasteiger partial charge < -0.3 is 5.73 Å². The van der Waals surface area contributed by atoms with Crippen LogP contribution in [0.2, 0.25) is 0 Å². The quantitative estimate of drug-likeness (QED) is 0.584. The molecule has 3 aromatic rings. The first-order valence-corrected chi connectivity index (χ1v) is 7.49. The number of nitrogen functional groups attached to an aromatic ring is 1. The fourth-order valence-electron chi connectivity index (χ4n) is 1.73. The minimum atomic E-state index is -0.699. The van der Waals surface area contributed by atoms with E-state index in [1.165, 1.54) is 17.4 Å². The highest BCUT2D eigenvalue weighted by Crippen LogP contribution is 2.32. The third-order valence-electron chi connectivity index (χ3n) is 2.68. The van der Waals surface area contributed by atoms with E-state index < -0.39 is 12.0 Å². The normalized spacial score (nSPS) is 11.1. The van der Waals surface area contributed by atoms with Crippen LogP contribution in [0.3, 0.4) is 0 Å². The van der Waals surface area contributed by atoms with Crippen molar-refractivity contribution in [2.45, 2.75) is 4.90 Å². The molecule has 102 valence electrons. The van der Waals surface area contributed by atoms with Gasteiger partial charge in [-0.15, -0.1) is 11.3 Å². The summed E-state index contributed by atoms with van der Waals surface area (Å²) in [5.74, 6) is -0.699. The molecule has 0 spiro atoms. The maximum absolute atomic E-state index is 13.4. The van der Waals surface area contributed by atoms with Crippen LogP contribution in [0, 0.1) is 5.95 Å². The molecule has 1 aromatic carbocycles. The third-order valence-corrected chi connectivity index (χ3v) is 4.41. The average Bonchev–Trinajstić information content (AvgIpc) is 2.85. The lowest BCUT2D eigenvalue weighted by Crippen LogP contribution is -1.94. The first-order chi connectivity index (χ1) is 9.67. The Morgan fingerprint density at radius 2 is 2.05 bits per heavy atom. The number of thiazole rings is 1. The van der Waals surface area contributed by atoms with E-state index in [-0.39, 0.29) is 5.69 Å². The van der Waals surface area contributed by atoms with Crippen molar-refractivity contribution in [2.75, 3.05) is 11.7 Å². The number of aromatic nitrogens is 2. The first kappa shape index (κ1) is 13.3. The third kappa shape index (κ3) is 2.46. The zero-order valence-electron chi connectivity index (χ0n) is 10.1. The van der Waals surface area contributed by atoms with Crippen LogP contribution < -0.4 is 5.73 Å². The molecule has 0 saturated heterocycles. The molecular formula is C13H9F2N3S2. The van der Waals surface area contributed by atoms with Gasteiger partial charge in [-0.25, -0.2) is 14.4 Å². The Hall–Kier alpha value is -1.73. The highest BCUT2D eigenvalue weighted by molar-refractivity contribution is 7.99. The Bertz CT molecular complexity index is 773. The Morgan fingerprint density at radius 3 is 2.80 bits per heavy atom. The van der Waals surface area contributed by atoms with Crippen LogP contribution >= 0.6 is 23.1 Å². The molecule has 3 nitrogen and oxygen atoms in total. The summed E-state index contributed by atoms with van der Waals surface area (Å²) in [6, 6.07) is 8.13. The standard InChI is InChI=1S/C13H9F2N3S2/c14-6-19-7-1-3-9-11(5-7)20-13(18-9)10-4-2-8(16)12(15)17-10/h1-5H,6,16H2/i15-1. The van der Waals surface area contributed by atoms with Gasteiger partial charge in [0.05, 0.1) is 15.9 Å². The molecule has 0 bridgehead atoms. The number of nitrogens with zero attached hydrogens (tertiary/aromatic N) is 2. The van der Waals surface area contributed by atoms with Crippen LogP contribution in [-0.2, 0) is 0 Å². The van der Waals surface area contributed by atoms with Crippen LogP contribution in [0.25, 0.3) is 20.9 Å². The molecule has 0 aliphatic rings. The molecule has 2 aromatic heterocycles. The fraction of sp³-hybridized carbons (Fsp3) is 0.0769. The van der Waals surface area contributed by atoms with Crippen LogP contribution in [-0.4, -0.2) is 16.0 Å². The van der Waals surface area contributed by atoms with E-state index in [0.717, 1.165) is 26.9 Å². The number of pyridine rings is 1. The summed E-state index contributed by atoms with van der Waals surface area (Å²) in [7, 11) is 0. The highest BCUT2D eigenvalue weighted by Gasteiger charge is 2.10. The summed E-state index contributed by atoms with van der Waals surface area (Å²) >= 11 is 2.51. The lowest BCUT2D eigenvalue weighted by atomic mass is 10.3. The average molecular weight is 308 g/mol. The Morgan fingerprint density at radius 1 is 1.20 bits per heavy atom. The van der Waals surface area contributed by atoms with Gasteiger partial charge in [-0.05, 0) is 30.3 Å². The van der Waals surface area contributed by atoms with Crippen LogP contribution in [0.1, 0.15) is 0 Å². The highest BCUT2D eigenvalue weighted by atomic mass is 32.2. The number of rotatable bonds is 3. The number of nitrogens with two attached hydrogens (primary N) is 1. The van der Waals surface area contributed by atoms with Gasteiger partial charge in [-0.2, -0.15) is 4.39 Å². The van der Waals surface area contributed by atoms with Gasteiger partial charge >= 0.3 is 0 Å². The second-order valence-electron chi connectivity index (χ2n) is 3.98. The summed E-state index contributed by atoms with van der Waals surface area (Å²) < 4.78 is 26.6. The molecule has 0 saturated carbocycles. The number of benzene rings is 1. The molecule has 2 N–H and O–H groups in total. The summed E-state index contributed by atoms with van der Waals surface area (Å²) in [6.07, 6.45) is 0. The number of anilines is 1. The Balaban J connectivity index is 2.05. The predicted molar refractivity (Wildman–Crippen MR) is 79.1 cm³/mol. The van der Waals surface area contributed by atoms with Gasteiger partial charge in [-0.1, -0.05) is 11.8 Å². The van der Waals surface area contributed by atoms with E-state index in [9.17, 15) is 8.78 Å². The number of fused-ring (bicyclic) bond motifs is 1. The van der Waals surface area contributed by atoms with Gasteiger partial charge in [-0.3, -0.25) is 0 Å². The van der Waals surface area contributed by atoms with Gasteiger partial charge in [0.1, 0.15) is 16.7 Å². The molecule has 7 heteroatoms. The van der Waals surface area contributed by atoms with Crippen LogP contribution in [0.15, 0.2) is 35.2 Å². The van der Waals surface area contributed by atoms with E-state index >= 15 is 0 Å². The number of alkyl halides is 1. The van der Waals surface area contributed by atoms with Crippen LogP contribution in [0.5, 0.6) is 0 Å². The maximum Gasteiger partial charge on any atom is 0.236 e. The molecule has 2 heterocycles. The fourth-order valence-corrected chi connectivity index (χ4v) is 3.27. The molecular weight excluding hydrogens is 299 g/mol. The largest absolute Gasteiger partial charge is 0.395 e. The summed E-state index contributed by atoms with van der Waals surface area (Å²) in [5, 5.41) is 0.612. The van der Waals surface area contributed by atoms with Gasteiger partial charge in [0.2, 0.25) is 5.95 Å². The second kappa shape index (κ2) is 5.34. The Labute approximate surface area is 121 Å². The lowest BCUT2D eigenvalue weighted by molar-refractivity contribution is 0.590. The van der Waals surface area contributed by atoms with Crippen LogP contribution in [0.4, 0.5) is 14.5 Å². The summed E-state index contributed by atoms with van der Waals surface area (Å²) in [4.78, 5) is 9.03. The number of hydrogen-bond acceptors (Lipinski definition) is 5. The van der Waals surface area contributed by atoms with Gasteiger partial charge in [0, 0.05) is 4.90 Å². The monoisotopic (exact) mass is 308 g/mol. The van der Waals surface area contributed by atoms with E-state index in [2.05, 4.69) is 9.97 Å². The number of hydrogen-bond donors (Lipinski definition) is 1. The second-order valence-corrected chi connectivity index (χ2v) is 5.99. The zero-order valence-corrected chi connectivity index (χ0v) is 11.8. The maximum atomic E-state index is 13.4. The smallest absolute Gasteiger partial charge is 0.236 e. The zero-order chi connectivity index (χ0) is 14.1. The van der Waals surface area contributed by atoms with Crippen molar-refractivity contribution >= 4 is 39.0 Å². The number of thioether (sulfide) groups is 1. The summed E-state index contributed by atoms with van der Waals surface area (Å²) in [5.41, 5.74) is 6.64. The van der Waals surface area contributed by atoms with Crippen molar-refractivity contribution in [3.63, 3.8) is 0 Å². The molecule has 0 atom stereocenters. The molecule has 0 aliphatic carbocycles.